The summed E-state index contributed by atoms with van der Waals surface area (Å²) in [6.07, 6.45) is 1.59. The first-order valence-electron chi connectivity index (χ1n) is 9.04. The Morgan fingerprint density at radius 3 is 2.46 bits per heavy atom. The molecule has 1 aliphatic heterocycles. The van der Waals surface area contributed by atoms with Gasteiger partial charge in [0.05, 0.1) is 11.7 Å². The first kappa shape index (κ1) is 18.8. The highest BCUT2D eigenvalue weighted by molar-refractivity contribution is 5.94. The average Bonchev–Trinajstić information content (AvgIpc) is 2.64. The Morgan fingerprint density at radius 1 is 1.15 bits per heavy atom. The number of halogens is 3. The van der Waals surface area contributed by atoms with Crippen molar-refractivity contribution < 1.29 is 18.0 Å². The van der Waals surface area contributed by atoms with Gasteiger partial charge < -0.3 is 4.90 Å². The van der Waals surface area contributed by atoms with Gasteiger partial charge in [-0.05, 0) is 48.9 Å². The number of benzene rings is 1. The van der Waals surface area contributed by atoms with Gasteiger partial charge in [0.15, 0.2) is 0 Å². The molecule has 26 heavy (non-hydrogen) atoms. The number of alkyl halides is 3. The summed E-state index contributed by atoms with van der Waals surface area (Å²) >= 11 is 0. The lowest BCUT2D eigenvalue weighted by atomic mass is 9.75. The van der Waals surface area contributed by atoms with Crippen molar-refractivity contribution in [3.63, 3.8) is 0 Å². The van der Waals surface area contributed by atoms with Crippen LogP contribution in [0.5, 0.6) is 0 Å². The Labute approximate surface area is 151 Å². The number of fused-ring (bicyclic) bond motifs is 1. The van der Waals surface area contributed by atoms with Crippen LogP contribution < -0.4 is 5.32 Å². The molecule has 1 amide bonds. The quantitative estimate of drug-likeness (QED) is 0.772. The SMILES string of the molecule is CN(C(=O)C#Cc1ccc(C(F)(F)F)cc1)C1CC2CCCCC2CN1. The standard InChI is InChI=1S/C20H23F3N2O/c1-25(18-12-15-4-2-3-5-16(15)13-24-18)19(26)11-8-14-6-9-17(10-7-14)20(21,22)23/h6-7,9-10,15-16,18,24H,2-5,12-13H2,1H3. The summed E-state index contributed by atoms with van der Waals surface area (Å²) in [7, 11) is 1.73. The van der Waals surface area contributed by atoms with Gasteiger partial charge in [0.1, 0.15) is 0 Å². The summed E-state index contributed by atoms with van der Waals surface area (Å²) < 4.78 is 37.7. The molecule has 3 atom stereocenters. The lowest BCUT2D eigenvalue weighted by molar-refractivity contribution is -0.137. The molecule has 3 unspecified atom stereocenters. The van der Waals surface area contributed by atoms with Crippen molar-refractivity contribution in [1.82, 2.24) is 10.2 Å². The second kappa shape index (κ2) is 7.71. The smallest absolute Gasteiger partial charge is 0.319 e. The molecule has 0 aromatic heterocycles. The Balaban J connectivity index is 1.60. The minimum absolute atomic E-state index is 0.0243. The molecule has 1 aromatic rings. The zero-order chi connectivity index (χ0) is 18.7. The molecule has 1 aliphatic carbocycles. The number of hydrogen-bond donors (Lipinski definition) is 1. The van der Waals surface area contributed by atoms with Crippen LogP contribution in [0.2, 0.25) is 0 Å². The highest BCUT2D eigenvalue weighted by Gasteiger charge is 2.34. The molecule has 6 heteroatoms. The van der Waals surface area contributed by atoms with Crippen LogP contribution in [0.15, 0.2) is 24.3 Å². The average molecular weight is 364 g/mol. The Bertz CT molecular complexity index is 702. The zero-order valence-electron chi connectivity index (χ0n) is 14.8. The van der Waals surface area contributed by atoms with Gasteiger partial charge in [-0.25, -0.2) is 0 Å². The van der Waals surface area contributed by atoms with Crippen LogP contribution in [0.4, 0.5) is 13.2 Å². The molecular weight excluding hydrogens is 341 g/mol. The minimum Gasteiger partial charge on any atom is -0.319 e. The summed E-state index contributed by atoms with van der Waals surface area (Å²) in [6.45, 7) is 0.930. The van der Waals surface area contributed by atoms with Crippen molar-refractivity contribution in [2.45, 2.75) is 44.4 Å². The van der Waals surface area contributed by atoms with E-state index in [0.29, 0.717) is 17.4 Å². The fourth-order valence-corrected chi connectivity index (χ4v) is 3.91. The lowest BCUT2D eigenvalue weighted by Crippen LogP contribution is -2.54. The molecular formula is C20H23F3N2O. The number of nitrogens with zero attached hydrogens (tertiary/aromatic N) is 1. The third-order valence-electron chi connectivity index (χ3n) is 5.52. The maximum atomic E-state index is 12.6. The number of carbonyl (C=O) groups excluding carboxylic acids is 1. The Hall–Kier alpha value is -2.00. The van der Waals surface area contributed by atoms with E-state index in [9.17, 15) is 18.0 Å². The molecule has 2 aliphatic rings. The van der Waals surface area contributed by atoms with Crippen LogP contribution in [-0.4, -0.2) is 30.6 Å². The van der Waals surface area contributed by atoms with Gasteiger partial charge in [0.25, 0.3) is 5.91 Å². The van der Waals surface area contributed by atoms with Crippen molar-refractivity contribution >= 4 is 5.91 Å². The molecule has 1 N–H and O–H groups in total. The van der Waals surface area contributed by atoms with E-state index < -0.39 is 11.7 Å². The summed E-state index contributed by atoms with van der Waals surface area (Å²) in [6, 6.07) is 4.53. The molecule has 1 heterocycles. The Kier molecular flexibility index (Phi) is 5.57. The minimum atomic E-state index is -4.37. The third kappa shape index (κ3) is 4.39. The van der Waals surface area contributed by atoms with E-state index in [1.54, 1.807) is 11.9 Å². The highest BCUT2D eigenvalue weighted by atomic mass is 19.4. The third-order valence-corrected chi connectivity index (χ3v) is 5.52. The van der Waals surface area contributed by atoms with Crippen molar-refractivity contribution in [2.24, 2.45) is 11.8 Å². The van der Waals surface area contributed by atoms with Crippen molar-refractivity contribution in [3.05, 3.63) is 35.4 Å². The number of hydrogen-bond acceptors (Lipinski definition) is 2. The van der Waals surface area contributed by atoms with E-state index in [4.69, 9.17) is 0 Å². The van der Waals surface area contributed by atoms with Crippen LogP contribution in [-0.2, 0) is 11.0 Å². The van der Waals surface area contributed by atoms with E-state index in [-0.39, 0.29) is 12.1 Å². The summed E-state index contributed by atoms with van der Waals surface area (Å²) in [5.41, 5.74) is -0.330. The van der Waals surface area contributed by atoms with Gasteiger partial charge in [-0.1, -0.05) is 25.2 Å². The molecule has 2 fully saturated rings. The van der Waals surface area contributed by atoms with E-state index in [2.05, 4.69) is 17.2 Å². The second-order valence-electron chi connectivity index (χ2n) is 7.21. The summed E-state index contributed by atoms with van der Waals surface area (Å²) in [5, 5.41) is 3.43. The fourth-order valence-electron chi connectivity index (χ4n) is 3.91. The number of carbonyl (C=O) groups is 1. The molecule has 3 rings (SSSR count). The van der Waals surface area contributed by atoms with Crippen LogP contribution in [0.25, 0.3) is 0 Å². The number of nitrogens with one attached hydrogen (secondary N) is 1. The maximum absolute atomic E-state index is 12.6. The van der Waals surface area contributed by atoms with Crippen LogP contribution in [0, 0.1) is 23.7 Å². The fraction of sp³-hybridized carbons (Fsp3) is 0.550. The summed E-state index contributed by atoms with van der Waals surface area (Å²) in [4.78, 5) is 13.9. The zero-order valence-corrected chi connectivity index (χ0v) is 14.8. The van der Waals surface area contributed by atoms with E-state index in [1.807, 2.05) is 0 Å². The predicted octanol–water partition coefficient (Wildman–Crippen LogP) is 3.64. The molecule has 0 bridgehead atoms. The second-order valence-corrected chi connectivity index (χ2v) is 7.21. The van der Waals surface area contributed by atoms with Gasteiger partial charge in [0.2, 0.25) is 0 Å². The van der Waals surface area contributed by atoms with Gasteiger partial charge in [-0.2, -0.15) is 13.2 Å². The molecule has 0 spiro atoms. The Morgan fingerprint density at radius 2 is 1.81 bits per heavy atom. The van der Waals surface area contributed by atoms with Crippen molar-refractivity contribution in [1.29, 1.82) is 0 Å². The first-order chi connectivity index (χ1) is 12.3. The molecule has 1 aromatic carbocycles. The molecule has 3 nitrogen and oxygen atoms in total. The van der Waals surface area contributed by atoms with Gasteiger partial charge in [-0.3, -0.25) is 10.1 Å². The van der Waals surface area contributed by atoms with Gasteiger partial charge in [-0.15, -0.1) is 0 Å². The molecule has 1 saturated heterocycles. The first-order valence-corrected chi connectivity index (χ1v) is 9.04. The number of rotatable bonds is 1. The van der Waals surface area contributed by atoms with Crippen molar-refractivity contribution in [3.8, 4) is 11.8 Å². The van der Waals surface area contributed by atoms with Gasteiger partial charge in [0, 0.05) is 25.1 Å². The lowest BCUT2D eigenvalue weighted by Gasteiger charge is -2.42. The van der Waals surface area contributed by atoms with Gasteiger partial charge >= 0.3 is 6.18 Å². The molecule has 0 radical (unpaired) electrons. The normalized spacial score (nSPS) is 25.6. The number of piperidine rings is 1. The highest BCUT2D eigenvalue weighted by Crippen LogP contribution is 2.35. The van der Waals surface area contributed by atoms with Crippen LogP contribution in [0.1, 0.15) is 43.2 Å². The molecule has 1 saturated carbocycles. The summed E-state index contributed by atoms with van der Waals surface area (Å²) in [5.74, 6) is 6.25. The van der Waals surface area contributed by atoms with E-state index in [1.165, 1.54) is 37.8 Å². The predicted molar refractivity (Wildman–Crippen MR) is 92.9 cm³/mol. The topological polar surface area (TPSA) is 32.3 Å². The van der Waals surface area contributed by atoms with E-state index >= 15 is 0 Å². The maximum Gasteiger partial charge on any atom is 0.416 e. The largest absolute Gasteiger partial charge is 0.416 e. The number of amides is 1. The monoisotopic (exact) mass is 364 g/mol. The molecule has 140 valence electrons. The van der Waals surface area contributed by atoms with Crippen molar-refractivity contribution in [2.75, 3.05) is 13.6 Å². The van der Waals surface area contributed by atoms with Crippen LogP contribution in [0.3, 0.4) is 0 Å². The van der Waals surface area contributed by atoms with Crippen LogP contribution >= 0.6 is 0 Å². The van der Waals surface area contributed by atoms with E-state index in [0.717, 1.165) is 25.1 Å².